The van der Waals surface area contributed by atoms with Crippen LogP contribution in [0.2, 0.25) is 0 Å². The summed E-state index contributed by atoms with van der Waals surface area (Å²) < 4.78 is 19.2. The summed E-state index contributed by atoms with van der Waals surface area (Å²) in [7, 11) is 0. The summed E-state index contributed by atoms with van der Waals surface area (Å²) in [5.74, 6) is 2.72. The second-order valence-electron chi connectivity index (χ2n) is 8.11. The average Bonchev–Trinajstić information content (AvgIpc) is 3.41. The number of ether oxygens (including phenoxy) is 3. The Labute approximate surface area is 209 Å². The molecule has 35 heavy (non-hydrogen) atoms. The molecule has 7 nitrogen and oxygen atoms in total. The lowest BCUT2D eigenvalue weighted by Crippen LogP contribution is -2.23. The number of fused-ring (bicyclic) bond motifs is 1. The number of thiazole rings is 1. The van der Waals surface area contributed by atoms with Crippen LogP contribution in [0.25, 0.3) is 22.4 Å². The van der Waals surface area contributed by atoms with Gasteiger partial charge in [0.2, 0.25) is 4.96 Å². The number of nitrogens with zero attached hydrogens (tertiary/aromatic N) is 3. The van der Waals surface area contributed by atoms with Crippen LogP contribution in [-0.2, 0) is 0 Å². The number of unbranched alkanes of at least 4 members (excludes halogenated alkanes) is 2. The van der Waals surface area contributed by atoms with Gasteiger partial charge in [0.25, 0.3) is 5.56 Å². The fourth-order valence-electron chi connectivity index (χ4n) is 3.56. The van der Waals surface area contributed by atoms with Crippen molar-refractivity contribution in [2.75, 3.05) is 19.8 Å². The van der Waals surface area contributed by atoms with E-state index >= 15 is 0 Å². The lowest BCUT2D eigenvalue weighted by Gasteiger charge is -2.11. The Hall–Kier alpha value is -3.39. The van der Waals surface area contributed by atoms with Gasteiger partial charge in [0, 0.05) is 5.56 Å². The van der Waals surface area contributed by atoms with Crippen molar-refractivity contribution in [3.05, 3.63) is 62.9 Å². The first-order valence-electron chi connectivity index (χ1n) is 12.2. The normalized spacial score (nSPS) is 11.8. The van der Waals surface area contributed by atoms with Crippen LogP contribution in [0, 0.1) is 0 Å². The molecule has 0 bridgehead atoms. The summed E-state index contributed by atoms with van der Waals surface area (Å²) in [5.41, 5.74) is 1.51. The van der Waals surface area contributed by atoms with Crippen LogP contribution in [-0.4, -0.2) is 34.4 Å². The molecule has 0 radical (unpaired) electrons. The minimum Gasteiger partial charge on any atom is -0.494 e. The van der Waals surface area contributed by atoms with E-state index in [1.54, 1.807) is 0 Å². The molecule has 0 spiro atoms. The van der Waals surface area contributed by atoms with Crippen molar-refractivity contribution < 1.29 is 14.2 Å². The zero-order valence-electron chi connectivity index (χ0n) is 20.5. The Morgan fingerprint density at radius 3 is 2.46 bits per heavy atom. The van der Waals surface area contributed by atoms with Gasteiger partial charge in [0.05, 0.1) is 24.4 Å². The van der Waals surface area contributed by atoms with Gasteiger partial charge in [-0.3, -0.25) is 4.79 Å². The fraction of sp³-hybridized carbons (Fsp3) is 0.370. The number of hydrogen-bond donors (Lipinski definition) is 0. The molecule has 184 valence electrons. The van der Waals surface area contributed by atoms with Crippen LogP contribution < -0.4 is 24.3 Å². The Kier molecular flexibility index (Phi) is 8.36. The minimum atomic E-state index is -0.191. The average molecular weight is 494 g/mol. The summed E-state index contributed by atoms with van der Waals surface area (Å²) in [4.78, 5) is 18.1. The van der Waals surface area contributed by atoms with Crippen molar-refractivity contribution in [1.29, 1.82) is 0 Å². The van der Waals surface area contributed by atoms with E-state index < -0.39 is 0 Å². The topological polar surface area (TPSA) is 75.0 Å². The standard InChI is InChI=1S/C27H31N3O4S/c1-4-7-8-16-33-21-12-10-20(11-13-21)25-28-27-30(29-25)26(31)24(35-27)18-19-9-14-22(34-15-5-2)23(17-19)32-6-3/h9-14,17-18H,4-8,15-16H2,1-3H3/b24-18-. The summed E-state index contributed by atoms with van der Waals surface area (Å²) in [6, 6.07) is 13.4. The second kappa shape index (κ2) is 11.8. The van der Waals surface area contributed by atoms with Crippen LogP contribution in [0.15, 0.2) is 47.3 Å². The fourth-order valence-corrected chi connectivity index (χ4v) is 4.47. The van der Waals surface area contributed by atoms with Crippen molar-refractivity contribution in [3.8, 4) is 28.6 Å². The molecule has 0 amide bonds. The summed E-state index contributed by atoms with van der Waals surface area (Å²) in [6.07, 6.45) is 6.13. The molecule has 2 heterocycles. The summed E-state index contributed by atoms with van der Waals surface area (Å²) in [5, 5.41) is 4.45. The van der Waals surface area contributed by atoms with Gasteiger partial charge >= 0.3 is 0 Å². The van der Waals surface area contributed by atoms with Gasteiger partial charge in [-0.15, -0.1) is 5.10 Å². The van der Waals surface area contributed by atoms with Crippen molar-refractivity contribution >= 4 is 22.4 Å². The van der Waals surface area contributed by atoms with Crippen molar-refractivity contribution in [1.82, 2.24) is 14.6 Å². The molecule has 2 aromatic carbocycles. The zero-order chi connectivity index (χ0) is 24.6. The van der Waals surface area contributed by atoms with Crippen LogP contribution in [0.5, 0.6) is 17.2 Å². The predicted molar refractivity (Wildman–Crippen MR) is 140 cm³/mol. The maximum Gasteiger partial charge on any atom is 0.291 e. The van der Waals surface area contributed by atoms with Gasteiger partial charge in [0.1, 0.15) is 5.75 Å². The van der Waals surface area contributed by atoms with Crippen LogP contribution in [0.1, 0.15) is 52.0 Å². The highest BCUT2D eigenvalue weighted by atomic mass is 32.1. The number of benzene rings is 2. The van der Waals surface area contributed by atoms with Gasteiger partial charge in [-0.05, 0) is 67.8 Å². The van der Waals surface area contributed by atoms with E-state index in [9.17, 15) is 4.79 Å². The first-order chi connectivity index (χ1) is 17.1. The highest BCUT2D eigenvalue weighted by Gasteiger charge is 2.13. The largest absolute Gasteiger partial charge is 0.494 e. The molecule has 0 unspecified atom stereocenters. The number of aromatic nitrogens is 3. The quantitative estimate of drug-likeness (QED) is 0.255. The van der Waals surface area contributed by atoms with E-state index in [1.165, 1.54) is 22.3 Å². The second-order valence-corrected chi connectivity index (χ2v) is 9.12. The van der Waals surface area contributed by atoms with Crippen LogP contribution in [0.3, 0.4) is 0 Å². The van der Waals surface area contributed by atoms with E-state index in [2.05, 4.69) is 23.9 Å². The van der Waals surface area contributed by atoms with Gasteiger partial charge in [-0.25, -0.2) is 0 Å². The van der Waals surface area contributed by atoms with Gasteiger partial charge < -0.3 is 14.2 Å². The monoisotopic (exact) mass is 493 g/mol. The highest BCUT2D eigenvalue weighted by molar-refractivity contribution is 7.15. The molecule has 0 saturated carbocycles. The van der Waals surface area contributed by atoms with Crippen molar-refractivity contribution in [3.63, 3.8) is 0 Å². The highest BCUT2D eigenvalue weighted by Crippen LogP contribution is 2.29. The molecule has 4 rings (SSSR count). The van der Waals surface area contributed by atoms with E-state index in [1.807, 2.05) is 55.5 Å². The molecule has 2 aromatic heterocycles. The van der Waals surface area contributed by atoms with Gasteiger partial charge in [-0.1, -0.05) is 44.1 Å². The smallest absolute Gasteiger partial charge is 0.291 e. The third-order valence-electron chi connectivity index (χ3n) is 5.34. The third kappa shape index (κ3) is 6.00. The Bertz CT molecular complexity index is 1360. The maximum atomic E-state index is 13.0. The number of rotatable bonds is 12. The van der Waals surface area contributed by atoms with Crippen LogP contribution >= 0.6 is 11.3 Å². The molecule has 0 N–H and O–H groups in total. The molecular weight excluding hydrogens is 462 g/mol. The maximum absolute atomic E-state index is 13.0. The summed E-state index contributed by atoms with van der Waals surface area (Å²) in [6.45, 7) is 8.03. The molecule has 0 fully saturated rings. The minimum absolute atomic E-state index is 0.191. The van der Waals surface area contributed by atoms with Gasteiger partial charge in [0.15, 0.2) is 17.3 Å². The lowest BCUT2D eigenvalue weighted by atomic mass is 10.2. The first kappa shape index (κ1) is 24.7. The van der Waals surface area contributed by atoms with Crippen molar-refractivity contribution in [2.45, 2.75) is 46.5 Å². The first-order valence-corrected chi connectivity index (χ1v) is 13.0. The molecule has 8 heteroatoms. The SMILES string of the molecule is CCCCCOc1ccc(-c2nc3s/c(=C\c4ccc(OCCC)c(OCC)c4)c(=O)n3n2)cc1. The molecule has 0 atom stereocenters. The lowest BCUT2D eigenvalue weighted by molar-refractivity contribution is 0.277. The zero-order valence-corrected chi connectivity index (χ0v) is 21.3. The predicted octanol–water partition coefficient (Wildman–Crippen LogP) is 5.12. The Balaban J connectivity index is 1.55. The molecular formula is C27H31N3O4S. The Morgan fingerprint density at radius 1 is 0.914 bits per heavy atom. The van der Waals surface area contributed by atoms with E-state index in [0.717, 1.165) is 36.1 Å². The Morgan fingerprint density at radius 2 is 1.74 bits per heavy atom. The van der Waals surface area contributed by atoms with Gasteiger partial charge in [-0.2, -0.15) is 9.50 Å². The third-order valence-corrected chi connectivity index (χ3v) is 6.30. The van der Waals surface area contributed by atoms with E-state index in [4.69, 9.17) is 14.2 Å². The van der Waals surface area contributed by atoms with Crippen molar-refractivity contribution in [2.24, 2.45) is 0 Å². The molecule has 0 aliphatic carbocycles. The summed E-state index contributed by atoms with van der Waals surface area (Å²) >= 11 is 1.31. The van der Waals surface area contributed by atoms with E-state index in [-0.39, 0.29) is 5.56 Å². The number of hydrogen-bond acceptors (Lipinski definition) is 7. The van der Waals surface area contributed by atoms with Crippen LogP contribution in [0.4, 0.5) is 0 Å². The molecule has 4 aromatic rings. The van der Waals surface area contributed by atoms with E-state index in [0.29, 0.717) is 46.6 Å². The molecule has 0 aliphatic rings. The molecule has 0 aliphatic heterocycles. The molecule has 0 saturated heterocycles.